The normalized spacial score (nSPS) is 17.5. The van der Waals surface area contributed by atoms with Gasteiger partial charge in [0.25, 0.3) is 0 Å². The zero-order valence-electron chi connectivity index (χ0n) is 9.09. The first-order valence-corrected chi connectivity index (χ1v) is 12.8. The van der Waals surface area contributed by atoms with Crippen LogP contribution in [0.3, 0.4) is 0 Å². The third kappa shape index (κ3) is 12.9. The highest BCUT2D eigenvalue weighted by atomic mass is 31.4. The van der Waals surface area contributed by atoms with Crippen LogP contribution in [0.4, 0.5) is 0 Å². The molecule has 0 radical (unpaired) electrons. The van der Waals surface area contributed by atoms with Gasteiger partial charge < -0.3 is 32.9 Å². The average molecular weight is 326 g/mol. The van der Waals surface area contributed by atoms with Crippen LogP contribution in [0.15, 0.2) is 0 Å². The minimum absolute atomic E-state index is 0.0500. The summed E-state index contributed by atoms with van der Waals surface area (Å²) in [6, 6.07) is -0.275. The van der Waals surface area contributed by atoms with Crippen LogP contribution in [0.25, 0.3) is 0 Å². The molecule has 13 heteroatoms. The molecule has 0 bridgehead atoms. The van der Waals surface area contributed by atoms with Crippen LogP contribution < -0.4 is 0 Å². The van der Waals surface area contributed by atoms with E-state index in [9.17, 15) is 9.13 Å². The second-order valence-corrected chi connectivity index (χ2v) is 13.1. The fourth-order valence-electron chi connectivity index (χ4n) is 0.757. The lowest BCUT2D eigenvalue weighted by Crippen LogP contribution is -2.34. The van der Waals surface area contributed by atoms with E-state index in [1.807, 2.05) is 0 Å². The van der Waals surface area contributed by atoms with Crippen LogP contribution >= 0.6 is 14.7 Å². The molecule has 0 aromatic heterocycles. The van der Waals surface area contributed by atoms with Gasteiger partial charge >= 0.3 is 33.0 Å². The van der Waals surface area contributed by atoms with E-state index in [0.717, 1.165) is 6.66 Å². The summed E-state index contributed by atoms with van der Waals surface area (Å²) in [6.45, 7) is 0.900. The minimum Gasteiger partial charge on any atom is -0.390 e. The quantitative estimate of drug-likeness (QED) is 0.200. The van der Waals surface area contributed by atoms with E-state index >= 15 is 0 Å². The van der Waals surface area contributed by atoms with Crippen LogP contribution in [0, 0.1) is 0 Å². The second kappa shape index (κ2) is 6.69. The smallest absolute Gasteiger partial charge is 0.390 e. The highest BCUT2D eigenvalue weighted by molar-refractivity contribution is 7.82. The Kier molecular flexibility index (Phi) is 6.93. The van der Waals surface area contributed by atoms with Gasteiger partial charge in [0.05, 0.1) is 6.61 Å². The Labute approximate surface area is 101 Å². The van der Waals surface area contributed by atoms with Crippen LogP contribution in [-0.2, 0) is 17.9 Å². The predicted molar refractivity (Wildman–Crippen MR) is 63.0 cm³/mol. The Balaban J connectivity index is 3.87. The standard InChI is InChI=1S/C4H16O9P2Si2/c1-14(5,13-16-15(6,7)8)12-3-2-4-17(9,10)11/h9-11H,2-4,16H2,1H3,(H2,6,7,8). The van der Waals surface area contributed by atoms with Gasteiger partial charge in [0.1, 0.15) is 0 Å². The Morgan fingerprint density at radius 1 is 1.24 bits per heavy atom. The summed E-state index contributed by atoms with van der Waals surface area (Å²) in [4.78, 5) is 43.0. The third-order valence-electron chi connectivity index (χ3n) is 1.44. The zero-order valence-corrected chi connectivity index (χ0v) is 13.3. The Morgan fingerprint density at radius 3 is 2.18 bits per heavy atom. The van der Waals surface area contributed by atoms with Gasteiger partial charge in [0.15, 0.2) is 0 Å². The molecule has 0 amide bonds. The van der Waals surface area contributed by atoms with Crippen molar-refractivity contribution >= 4 is 33.0 Å². The molecule has 104 valence electrons. The molecular formula is C4H16O9P2Si2. The van der Waals surface area contributed by atoms with Gasteiger partial charge in [-0.3, -0.25) is 9.13 Å². The summed E-state index contributed by atoms with van der Waals surface area (Å²) >= 11 is 0. The van der Waals surface area contributed by atoms with E-state index in [0.29, 0.717) is 0 Å². The molecule has 0 spiro atoms. The third-order valence-corrected chi connectivity index (χ3v) is 7.84. The predicted octanol–water partition coefficient (Wildman–Crippen LogP) is -1.68. The number of hydrogen-bond donors (Lipinski definition) is 5. The maximum atomic E-state index is 11.5. The molecule has 1 unspecified atom stereocenters. The summed E-state index contributed by atoms with van der Waals surface area (Å²) in [5, 5.41) is 0. The first-order valence-electron chi connectivity index (χ1n) is 4.50. The number of hydrogen-bond acceptors (Lipinski definition) is 7. The molecule has 0 heterocycles. The molecule has 0 aliphatic heterocycles. The van der Waals surface area contributed by atoms with E-state index in [-0.39, 0.29) is 19.1 Å². The monoisotopic (exact) mass is 326 g/mol. The Morgan fingerprint density at radius 2 is 1.76 bits per heavy atom. The Hall–Kier alpha value is 0.614. The molecule has 0 rings (SSSR count). The lowest BCUT2D eigenvalue weighted by atomic mass is 10.5. The summed E-state index contributed by atoms with van der Waals surface area (Å²) in [6.07, 6.45) is 0.0500. The fraction of sp³-hybridized carbons (Fsp3) is 1.00. The molecule has 0 saturated heterocycles. The molecule has 0 saturated carbocycles. The van der Waals surface area contributed by atoms with Crippen molar-refractivity contribution in [3.05, 3.63) is 0 Å². The van der Waals surface area contributed by atoms with Crippen molar-refractivity contribution in [2.45, 2.75) is 12.5 Å². The van der Waals surface area contributed by atoms with Gasteiger partial charge in [0.2, 0.25) is 0 Å². The first kappa shape index (κ1) is 17.6. The zero-order chi connectivity index (χ0) is 13.7. The minimum atomic E-state index is -4.28. The molecule has 17 heavy (non-hydrogen) atoms. The van der Waals surface area contributed by atoms with Gasteiger partial charge in [-0.15, -0.1) is 0 Å². The van der Waals surface area contributed by atoms with E-state index in [1.165, 1.54) is 0 Å². The van der Waals surface area contributed by atoms with Crippen LogP contribution in [0.2, 0.25) is 6.04 Å². The van der Waals surface area contributed by atoms with Gasteiger partial charge in [-0.2, -0.15) is 0 Å². The average Bonchev–Trinajstić information content (AvgIpc) is 2.07. The van der Waals surface area contributed by atoms with Crippen LogP contribution in [-0.4, -0.2) is 55.7 Å². The second-order valence-electron chi connectivity index (χ2n) is 3.41. The van der Waals surface area contributed by atoms with Crippen molar-refractivity contribution in [3.63, 3.8) is 0 Å². The molecule has 1 atom stereocenters. The van der Waals surface area contributed by atoms with Gasteiger partial charge in [0, 0.05) is 12.7 Å². The maximum Gasteiger partial charge on any atom is 0.492 e. The van der Waals surface area contributed by atoms with E-state index < -0.39 is 33.0 Å². The van der Waals surface area contributed by atoms with Crippen molar-refractivity contribution in [2.24, 2.45) is 0 Å². The van der Waals surface area contributed by atoms with Crippen LogP contribution in [0.5, 0.6) is 0 Å². The maximum absolute atomic E-state index is 11.5. The lowest BCUT2D eigenvalue weighted by Gasteiger charge is -2.15. The number of rotatable bonds is 8. The molecule has 9 nitrogen and oxygen atoms in total. The topological polar surface area (TPSA) is 154 Å². The first-order chi connectivity index (χ1) is 7.41. The lowest BCUT2D eigenvalue weighted by molar-refractivity contribution is 0.215. The Bertz CT molecular complexity index is 321. The molecule has 0 aliphatic rings. The van der Waals surface area contributed by atoms with Gasteiger partial charge in [-0.1, -0.05) is 0 Å². The fourth-order valence-corrected chi connectivity index (χ4v) is 6.82. The van der Waals surface area contributed by atoms with E-state index in [1.54, 1.807) is 0 Å². The molecule has 0 aromatic rings. The van der Waals surface area contributed by atoms with Crippen molar-refractivity contribution in [2.75, 3.05) is 13.3 Å². The molecule has 0 aromatic carbocycles. The summed E-state index contributed by atoms with van der Waals surface area (Å²) in [7, 11) is -14.2. The highest BCUT2D eigenvalue weighted by Gasteiger charge is 2.27. The molecular weight excluding hydrogens is 310 g/mol. The van der Waals surface area contributed by atoms with Crippen molar-refractivity contribution in [3.8, 4) is 0 Å². The van der Waals surface area contributed by atoms with Crippen LogP contribution in [0.1, 0.15) is 6.42 Å². The van der Waals surface area contributed by atoms with Crippen molar-refractivity contribution < 1.29 is 42.0 Å². The summed E-state index contributed by atoms with van der Waals surface area (Å²) in [5.74, 6) is 0. The van der Waals surface area contributed by atoms with Crippen molar-refractivity contribution in [1.82, 2.24) is 0 Å². The van der Waals surface area contributed by atoms with Crippen molar-refractivity contribution in [1.29, 1.82) is 0 Å². The largest absolute Gasteiger partial charge is 0.492 e. The van der Waals surface area contributed by atoms with E-state index in [4.69, 9.17) is 28.7 Å². The molecule has 5 N–H and O–H groups in total. The van der Waals surface area contributed by atoms with E-state index in [2.05, 4.69) is 4.21 Å². The highest BCUT2D eigenvalue weighted by Crippen LogP contribution is 2.47. The molecule has 0 fully saturated rings. The van der Waals surface area contributed by atoms with Gasteiger partial charge in [-0.25, -0.2) is 0 Å². The molecule has 0 aliphatic carbocycles. The SMILES string of the molecule is CP(=O)(OCCC[Si](O)(O)O)O[SiH2]P(=O)(O)O. The summed E-state index contributed by atoms with van der Waals surface area (Å²) < 4.78 is 31.2. The summed E-state index contributed by atoms with van der Waals surface area (Å²) in [5.41, 5.74) is 0. The van der Waals surface area contributed by atoms with Gasteiger partial charge in [-0.05, 0) is 6.42 Å².